The minimum Gasteiger partial charge on any atom is -0.245 e. The molecule has 1 aromatic heterocycles. The van der Waals surface area contributed by atoms with E-state index in [1.165, 1.54) is 0 Å². The second kappa shape index (κ2) is 4.19. The monoisotopic (exact) mass is 263 g/mol. The molecule has 0 radical (unpaired) electrons. The lowest BCUT2D eigenvalue weighted by atomic mass is 10.4. The minimum atomic E-state index is -2.97. The molecule has 13 heavy (non-hydrogen) atoms. The minimum absolute atomic E-state index is 0.0168. The molecule has 0 bridgehead atoms. The van der Waals surface area contributed by atoms with Crippen LogP contribution in [0.15, 0.2) is 22.8 Å². The van der Waals surface area contributed by atoms with E-state index in [0.29, 0.717) is 10.3 Å². The summed E-state index contributed by atoms with van der Waals surface area (Å²) in [4.78, 5) is 4.04. The number of hydrogen-bond donors (Lipinski definition) is 0. The Morgan fingerprint density at radius 1 is 1.46 bits per heavy atom. The van der Waals surface area contributed by atoms with Crippen LogP contribution in [0.4, 0.5) is 0 Å². The molecule has 0 aliphatic heterocycles. The Balaban J connectivity index is 2.87. The molecule has 0 aliphatic carbocycles. The molecule has 1 heterocycles. The van der Waals surface area contributed by atoms with E-state index < -0.39 is 9.84 Å². The molecule has 0 aliphatic rings. The van der Waals surface area contributed by atoms with Crippen LogP contribution in [0.25, 0.3) is 0 Å². The quantitative estimate of drug-likeness (QED) is 0.782. The molecule has 0 unspecified atom stereocenters. The lowest BCUT2D eigenvalue weighted by Gasteiger charge is -2.00. The molecule has 3 nitrogen and oxygen atoms in total. The summed E-state index contributed by atoms with van der Waals surface area (Å²) in [5.74, 6) is 0.171. The van der Waals surface area contributed by atoms with Gasteiger partial charge in [-0.3, -0.25) is 0 Å². The summed E-state index contributed by atoms with van der Waals surface area (Å²) in [6.45, 7) is 1.63. The van der Waals surface area contributed by atoms with E-state index in [4.69, 9.17) is 0 Å². The van der Waals surface area contributed by atoms with Crippen molar-refractivity contribution in [2.75, 3.05) is 5.75 Å². The Morgan fingerprint density at radius 3 is 2.69 bits per heavy atom. The lowest BCUT2D eigenvalue weighted by molar-refractivity contribution is 0.596. The van der Waals surface area contributed by atoms with E-state index in [2.05, 4.69) is 20.9 Å². The van der Waals surface area contributed by atoms with Crippen LogP contribution in [0.2, 0.25) is 0 Å². The van der Waals surface area contributed by atoms with Crippen molar-refractivity contribution in [2.45, 2.75) is 12.7 Å². The van der Waals surface area contributed by atoms with Gasteiger partial charge in [-0.15, -0.1) is 0 Å². The Labute approximate surface area is 86.2 Å². The predicted octanol–water partition coefficient (Wildman–Crippen LogP) is 1.78. The number of hydrogen-bond acceptors (Lipinski definition) is 3. The first-order chi connectivity index (χ1) is 6.03. The zero-order valence-corrected chi connectivity index (χ0v) is 9.60. The molecule has 0 amide bonds. The molecule has 72 valence electrons. The first-order valence-electron chi connectivity index (χ1n) is 3.85. The molecule has 0 saturated heterocycles. The van der Waals surface area contributed by atoms with Crippen LogP contribution >= 0.6 is 15.9 Å². The van der Waals surface area contributed by atoms with E-state index in [0.717, 1.165) is 0 Å². The maximum absolute atomic E-state index is 11.2. The Morgan fingerprint density at radius 2 is 2.15 bits per heavy atom. The van der Waals surface area contributed by atoms with Crippen LogP contribution in [0.3, 0.4) is 0 Å². The van der Waals surface area contributed by atoms with Gasteiger partial charge < -0.3 is 0 Å². The van der Waals surface area contributed by atoms with Gasteiger partial charge in [-0.1, -0.05) is 13.0 Å². The van der Waals surface area contributed by atoms with Crippen molar-refractivity contribution in [1.82, 2.24) is 4.98 Å². The highest BCUT2D eigenvalue weighted by molar-refractivity contribution is 9.10. The van der Waals surface area contributed by atoms with Crippen LogP contribution in [0.5, 0.6) is 0 Å². The highest BCUT2D eigenvalue weighted by Crippen LogP contribution is 2.09. The summed E-state index contributed by atoms with van der Waals surface area (Å²) in [5, 5.41) is 0. The van der Waals surface area contributed by atoms with Gasteiger partial charge in [0.15, 0.2) is 9.84 Å². The molecular weight excluding hydrogens is 254 g/mol. The zero-order valence-electron chi connectivity index (χ0n) is 7.20. The fourth-order valence-electron chi connectivity index (χ4n) is 0.858. The number of sulfone groups is 1. The molecule has 0 spiro atoms. The van der Waals surface area contributed by atoms with Gasteiger partial charge >= 0.3 is 0 Å². The van der Waals surface area contributed by atoms with Gasteiger partial charge in [-0.05, 0) is 28.1 Å². The number of pyridine rings is 1. The molecule has 0 N–H and O–H groups in total. The summed E-state index contributed by atoms with van der Waals surface area (Å²) in [7, 11) is -2.97. The maximum Gasteiger partial charge on any atom is 0.155 e. The molecule has 0 saturated carbocycles. The van der Waals surface area contributed by atoms with Crippen molar-refractivity contribution < 1.29 is 8.42 Å². The van der Waals surface area contributed by atoms with Crippen molar-refractivity contribution in [2.24, 2.45) is 0 Å². The summed E-state index contributed by atoms with van der Waals surface area (Å²) in [6.07, 6.45) is 0. The average Bonchev–Trinajstić information content (AvgIpc) is 2.03. The average molecular weight is 264 g/mol. The topological polar surface area (TPSA) is 47.0 Å². The van der Waals surface area contributed by atoms with E-state index in [9.17, 15) is 8.42 Å². The molecule has 1 rings (SSSR count). The number of halogens is 1. The van der Waals surface area contributed by atoms with Gasteiger partial charge in [0.1, 0.15) is 4.60 Å². The summed E-state index contributed by atoms with van der Waals surface area (Å²) < 4.78 is 23.1. The van der Waals surface area contributed by atoms with E-state index >= 15 is 0 Å². The largest absolute Gasteiger partial charge is 0.245 e. The lowest BCUT2D eigenvalue weighted by Crippen LogP contribution is -2.07. The molecule has 0 fully saturated rings. The normalized spacial score (nSPS) is 11.5. The van der Waals surface area contributed by atoms with Gasteiger partial charge in [0.2, 0.25) is 0 Å². The second-order valence-corrected chi connectivity index (χ2v) is 5.79. The summed E-state index contributed by atoms with van der Waals surface area (Å²) >= 11 is 3.19. The zero-order chi connectivity index (χ0) is 9.90. The van der Waals surface area contributed by atoms with Crippen molar-refractivity contribution in [3.63, 3.8) is 0 Å². The van der Waals surface area contributed by atoms with Crippen LogP contribution in [0.1, 0.15) is 12.6 Å². The third kappa shape index (κ3) is 3.44. The van der Waals surface area contributed by atoms with Gasteiger partial charge in [0, 0.05) is 5.75 Å². The molecule has 0 aromatic carbocycles. The van der Waals surface area contributed by atoms with Crippen LogP contribution in [-0.4, -0.2) is 19.2 Å². The highest BCUT2D eigenvalue weighted by Gasteiger charge is 2.09. The van der Waals surface area contributed by atoms with Crippen LogP contribution in [0, 0.1) is 0 Å². The molecular formula is C8H10BrNO2S. The first-order valence-corrected chi connectivity index (χ1v) is 6.47. The second-order valence-electron chi connectivity index (χ2n) is 2.63. The van der Waals surface area contributed by atoms with Crippen molar-refractivity contribution in [3.05, 3.63) is 28.5 Å². The maximum atomic E-state index is 11.2. The van der Waals surface area contributed by atoms with Crippen LogP contribution < -0.4 is 0 Å². The van der Waals surface area contributed by atoms with Crippen molar-refractivity contribution in [1.29, 1.82) is 0 Å². The Bertz CT molecular complexity index is 389. The first kappa shape index (κ1) is 10.7. The predicted molar refractivity (Wildman–Crippen MR) is 55.1 cm³/mol. The summed E-state index contributed by atoms with van der Waals surface area (Å²) in [6, 6.07) is 5.25. The number of rotatable bonds is 3. The fraction of sp³-hybridized carbons (Fsp3) is 0.375. The van der Waals surface area contributed by atoms with Crippen molar-refractivity contribution >= 4 is 25.8 Å². The van der Waals surface area contributed by atoms with Gasteiger partial charge in [-0.25, -0.2) is 13.4 Å². The van der Waals surface area contributed by atoms with Gasteiger partial charge in [0.25, 0.3) is 0 Å². The van der Waals surface area contributed by atoms with Crippen LogP contribution in [-0.2, 0) is 15.6 Å². The summed E-state index contributed by atoms with van der Waals surface area (Å²) in [5.41, 5.74) is 0.580. The molecule has 5 heteroatoms. The van der Waals surface area contributed by atoms with Gasteiger partial charge in [0.05, 0.1) is 11.4 Å². The SMILES string of the molecule is CCS(=O)(=O)Cc1cccc(Br)n1. The number of nitrogens with zero attached hydrogens (tertiary/aromatic N) is 1. The Kier molecular flexibility index (Phi) is 3.44. The standard InChI is InChI=1S/C8H10BrNO2S/c1-2-13(11,12)6-7-4-3-5-8(9)10-7/h3-5H,2,6H2,1H3. The van der Waals surface area contributed by atoms with E-state index in [1.54, 1.807) is 25.1 Å². The highest BCUT2D eigenvalue weighted by atomic mass is 79.9. The smallest absolute Gasteiger partial charge is 0.155 e. The molecule has 1 aromatic rings. The Hall–Kier alpha value is -0.420. The van der Waals surface area contributed by atoms with E-state index in [-0.39, 0.29) is 11.5 Å². The van der Waals surface area contributed by atoms with E-state index in [1.807, 2.05) is 0 Å². The van der Waals surface area contributed by atoms with Crippen molar-refractivity contribution in [3.8, 4) is 0 Å². The third-order valence-electron chi connectivity index (χ3n) is 1.58. The fourth-order valence-corrected chi connectivity index (χ4v) is 2.05. The number of aromatic nitrogens is 1. The van der Waals surface area contributed by atoms with Gasteiger partial charge in [-0.2, -0.15) is 0 Å². The molecule has 0 atom stereocenters. The third-order valence-corrected chi connectivity index (χ3v) is 3.64.